The Kier molecular flexibility index (Phi) is 6.94. The van der Waals surface area contributed by atoms with Crippen molar-refractivity contribution in [3.05, 3.63) is 47.7 Å². The lowest BCUT2D eigenvalue weighted by molar-refractivity contribution is 0.172. The average molecular weight is 301 g/mol. The molecule has 3 heteroatoms. The Morgan fingerprint density at radius 1 is 1.23 bits per heavy atom. The van der Waals surface area contributed by atoms with E-state index in [1.54, 1.807) is 0 Å². The molecule has 1 aliphatic heterocycles. The van der Waals surface area contributed by atoms with Gasteiger partial charge in [0.05, 0.1) is 0 Å². The molecule has 1 saturated heterocycles. The fraction of sp³-hybridized carbons (Fsp3) is 0.579. The molecule has 122 valence electrons. The summed E-state index contributed by atoms with van der Waals surface area (Å²) in [5.74, 6) is 0.844. The minimum atomic E-state index is 0.537. The number of piperidine rings is 1. The van der Waals surface area contributed by atoms with E-state index in [1.807, 2.05) is 0 Å². The average Bonchev–Trinajstić information content (AvgIpc) is 2.57. The Hall–Kier alpha value is -1.32. The third kappa shape index (κ3) is 5.47. The normalized spacial score (nSPS) is 16.6. The Labute approximate surface area is 135 Å². The van der Waals surface area contributed by atoms with Gasteiger partial charge in [-0.1, -0.05) is 37.8 Å². The molecule has 0 amide bonds. The van der Waals surface area contributed by atoms with Crippen molar-refractivity contribution in [1.82, 2.24) is 10.2 Å². The molecule has 1 aromatic rings. The van der Waals surface area contributed by atoms with Crippen molar-refractivity contribution in [3.63, 3.8) is 0 Å². The molecular weight excluding hydrogens is 270 g/mol. The van der Waals surface area contributed by atoms with Crippen LogP contribution in [0.15, 0.2) is 36.5 Å². The predicted molar refractivity (Wildman–Crippen MR) is 94.6 cm³/mol. The first-order valence-electron chi connectivity index (χ1n) is 8.63. The monoisotopic (exact) mass is 301 g/mol. The maximum Gasteiger partial charge on any atom is 0.0322 e. The summed E-state index contributed by atoms with van der Waals surface area (Å²) < 4.78 is 0. The molecule has 0 saturated carbocycles. The van der Waals surface area contributed by atoms with Gasteiger partial charge >= 0.3 is 0 Å². The van der Waals surface area contributed by atoms with Gasteiger partial charge in [-0.25, -0.2) is 0 Å². The molecular formula is C19H31N3. The number of aryl methyl sites for hydroxylation is 1. The van der Waals surface area contributed by atoms with Crippen LogP contribution in [-0.4, -0.2) is 31.1 Å². The number of hydrogen-bond acceptors (Lipinski definition) is 3. The van der Waals surface area contributed by atoms with E-state index in [0.717, 1.165) is 31.1 Å². The second kappa shape index (κ2) is 8.96. The summed E-state index contributed by atoms with van der Waals surface area (Å²) in [7, 11) is 0. The molecule has 0 spiro atoms. The molecule has 3 N–H and O–H groups in total. The Morgan fingerprint density at radius 3 is 2.45 bits per heavy atom. The van der Waals surface area contributed by atoms with Crippen molar-refractivity contribution in [2.45, 2.75) is 39.2 Å². The van der Waals surface area contributed by atoms with Crippen LogP contribution in [0.3, 0.4) is 0 Å². The number of hydrogen-bond donors (Lipinski definition) is 2. The third-order valence-corrected chi connectivity index (χ3v) is 4.72. The molecule has 1 fully saturated rings. The summed E-state index contributed by atoms with van der Waals surface area (Å²) in [6, 6.07) is 9.09. The van der Waals surface area contributed by atoms with Gasteiger partial charge in [0.15, 0.2) is 0 Å². The van der Waals surface area contributed by atoms with Crippen LogP contribution >= 0.6 is 0 Å². The van der Waals surface area contributed by atoms with Gasteiger partial charge in [0, 0.05) is 25.3 Å². The maximum atomic E-state index is 5.53. The van der Waals surface area contributed by atoms with E-state index in [1.165, 1.54) is 43.5 Å². The molecule has 0 bridgehead atoms. The van der Waals surface area contributed by atoms with Crippen molar-refractivity contribution in [2.75, 3.05) is 26.2 Å². The number of nitrogens with one attached hydrogen (secondary N) is 1. The molecule has 1 aliphatic rings. The molecule has 0 aromatic heterocycles. The van der Waals surface area contributed by atoms with E-state index in [2.05, 4.69) is 48.0 Å². The summed E-state index contributed by atoms with van der Waals surface area (Å²) >= 11 is 0. The largest absolute Gasteiger partial charge is 0.388 e. The summed E-state index contributed by atoms with van der Waals surface area (Å²) in [6.45, 7) is 11.2. The quantitative estimate of drug-likeness (QED) is 0.776. The first-order valence-corrected chi connectivity index (χ1v) is 8.63. The minimum absolute atomic E-state index is 0.537. The second-order valence-electron chi connectivity index (χ2n) is 6.41. The molecule has 1 heterocycles. The van der Waals surface area contributed by atoms with Gasteiger partial charge in [-0.15, -0.1) is 0 Å². The summed E-state index contributed by atoms with van der Waals surface area (Å²) in [5, 5.41) is 3.31. The van der Waals surface area contributed by atoms with Crippen molar-refractivity contribution in [1.29, 1.82) is 0 Å². The van der Waals surface area contributed by atoms with E-state index in [9.17, 15) is 0 Å². The first-order chi connectivity index (χ1) is 10.7. The maximum absolute atomic E-state index is 5.53. The number of benzene rings is 1. The van der Waals surface area contributed by atoms with E-state index < -0.39 is 0 Å². The van der Waals surface area contributed by atoms with Crippen LogP contribution in [0.2, 0.25) is 0 Å². The number of nitrogens with zero attached hydrogens (tertiary/aromatic N) is 1. The van der Waals surface area contributed by atoms with Crippen molar-refractivity contribution < 1.29 is 0 Å². The van der Waals surface area contributed by atoms with Gasteiger partial charge in [-0.05, 0) is 55.8 Å². The van der Waals surface area contributed by atoms with Crippen LogP contribution in [0.4, 0.5) is 0 Å². The van der Waals surface area contributed by atoms with Crippen molar-refractivity contribution in [2.24, 2.45) is 11.7 Å². The summed E-state index contributed by atoms with van der Waals surface area (Å²) in [6.07, 6.45) is 4.97. The Morgan fingerprint density at radius 2 is 1.86 bits per heavy atom. The number of rotatable bonds is 8. The lowest BCUT2D eigenvalue weighted by Crippen LogP contribution is -2.34. The molecule has 0 aliphatic carbocycles. The van der Waals surface area contributed by atoms with Gasteiger partial charge in [0.1, 0.15) is 0 Å². The van der Waals surface area contributed by atoms with Gasteiger partial charge in [-0.3, -0.25) is 4.90 Å². The highest BCUT2D eigenvalue weighted by Gasteiger charge is 2.18. The first kappa shape index (κ1) is 17.0. The van der Waals surface area contributed by atoms with Crippen LogP contribution in [0.25, 0.3) is 0 Å². The smallest absolute Gasteiger partial charge is 0.0322 e. The van der Waals surface area contributed by atoms with Crippen LogP contribution in [0.1, 0.15) is 37.3 Å². The van der Waals surface area contributed by atoms with E-state index in [-0.39, 0.29) is 0 Å². The zero-order chi connectivity index (χ0) is 15.8. The van der Waals surface area contributed by atoms with Crippen molar-refractivity contribution in [3.8, 4) is 0 Å². The lowest BCUT2D eigenvalue weighted by Gasteiger charge is -2.32. The predicted octanol–water partition coefficient (Wildman–Crippen LogP) is 2.91. The molecule has 2 rings (SSSR count). The molecule has 22 heavy (non-hydrogen) atoms. The van der Waals surface area contributed by atoms with E-state index in [0.29, 0.717) is 6.54 Å². The zero-order valence-corrected chi connectivity index (χ0v) is 14.0. The second-order valence-corrected chi connectivity index (χ2v) is 6.41. The van der Waals surface area contributed by atoms with Gasteiger partial charge in [0.2, 0.25) is 0 Å². The lowest BCUT2D eigenvalue weighted by atomic mass is 9.93. The van der Waals surface area contributed by atoms with Gasteiger partial charge in [0.25, 0.3) is 0 Å². The number of likely N-dealkylation sites (tertiary alicyclic amines) is 1. The highest BCUT2D eigenvalue weighted by molar-refractivity contribution is 5.22. The highest BCUT2D eigenvalue weighted by atomic mass is 15.1. The Bertz CT molecular complexity index is 444. The van der Waals surface area contributed by atoms with E-state index in [4.69, 9.17) is 5.73 Å². The molecule has 0 atom stereocenters. The van der Waals surface area contributed by atoms with Crippen LogP contribution in [-0.2, 0) is 13.0 Å². The zero-order valence-electron chi connectivity index (χ0n) is 14.0. The third-order valence-electron chi connectivity index (χ3n) is 4.72. The van der Waals surface area contributed by atoms with Crippen LogP contribution in [0.5, 0.6) is 0 Å². The SMILES string of the molecule is C=C(CN)NCCC1CCN(Cc2ccc(CC)cc2)CC1. The molecule has 0 radical (unpaired) electrons. The van der Waals surface area contributed by atoms with Crippen LogP contribution < -0.4 is 11.1 Å². The summed E-state index contributed by atoms with van der Waals surface area (Å²) in [4.78, 5) is 2.59. The standard InChI is InChI=1S/C19H31N3/c1-3-17-4-6-19(7-5-17)15-22-12-9-18(10-13-22)8-11-21-16(2)14-20/h4-7,18,21H,2-3,8-15,20H2,1H3. The molecule has 0 unspecified atom stereocenters. The fourth-order valence-electron chi connectivity index (χ4n) is 3.10. The van der Waals surface area contributed by atoms with E-state index >= 15 is 0 Å². The fourth-order valence-corrected chi connectivity index (χ4v) is 3.10. The number of nitrogens with two attached hydrogens (primary N) is 1. The molecule has 3 nitrogen and oxygen atoms in total. The summed E-state index contributed by atoms with van der Waals surface area (Å²) in [5.41, 5.74) is 9.35. The minimum Gasteiger partial charge on any atom is -0.388 e. The van der Waals surface area contributed by atoms with Gasteiger partial charge < -0.3 is 11.1 Å². The van der Waals surface area contributed by atoms with Crippen molar-refractivity contribution >= 4 is 0 Å². The highest BCUT2D eigenvalue weighted by Crippen LogP contribution is 2.21. The van der Waals surface area contributed by atoms with Crippen LogP contribution in [0, 0.1) is 5.92 Å². The Balaban J connectivity index is 1.67. The van der Waals surface area contributed by atoms with Gasteiger partial charge in [-0.2, -0.15) is 0 Å². The topological polar surface area (TPSA) is 41.3 Å². The molecule has 1 aromatic carbocycles.